The Hall–Kier alpha value is -4.34. The molecule has 2 amide bonds. The van der Waals surface area contributed by atoms with E-state index >= 15 is 9.59 Å². The van der Waals surface area contributed by atoms with Crippen LogP contribution in [0.3, 0.4) is 0 Å². The van der Waals surface area contributed by atoms with Gasteiger partial charge in [-0.15, -0.1) is 45.3 Å². The second-order valence-electron chi connectivity index (χ2n) is 26.3. The molecule has 9 rings (SSSR count). The van der Waals surface area contributed by atoms with E-state index in [4.69, 9.17) is 0 Å². The maximum Gasteiger partial charge on any atom is 0.261 e. The molecule has 4 nitrogen and oxygen atoms in total. The summed E-state index contributed by atoms with van der Waals surface area (Å²) in [4.78, 5) is 44.8. The van der Waals surface area contributed by atoms with Crippen LogP contribution in [0.2, 0.25) is 0 Å². The Kier molecular flexibility index (Phi) is 26.8. The van der Waals surface area contributed by atoms with Crippen molar-refractivity contribution in [1.82, 2.24) is 9.80 Å². The molecule has 2 unspecified atom stereocenters. The highest BCUT2D eigenvalue weighted by atomic mass is 32.1. The highest BCUT2D eigenvalue weighted by molar-refractivity contribution is 7.24. The van der Waals surface area contributed by atoms with Crippen molar-refractivity contribution in [2.24, 2.45) is 11.8 Å². The van der Waals surface area contributed by atoms with Gasteiger partial charge >= 0.3 is 0 Å². The largest absolute Gasteiger partial charge is 0.306 e. The van der Waals surface area contributed by atoms with Crippen molar-refractivity contribution in [3.8, 4) is 41.1 Å². The number of nitrogens with zero attached hydrogens (tertiary/aromatic N) is 2. The van der Waals surface area contributed by atoms with Crippen molar-refractivity contribution < 1.29 is 9.59 Å². The van der Waals surface area contributed by atoms with Crippen molar-refractivity contribution in [1.29, 1.82) is 0 Å². The number of unbranched alkanes of at least 4 members (excludes halogenated alkanes) is 22. The third kappa shape index (κ3) is 16.8. The van der Waals surface area contributed by atoms with Gasteiger partial charge in [0, 0.05) is 42.9 Å². The van der Waals surface area contributed by atoms with Gasteiger partial charge in [-0.25, -0.2) is 0 Å². The highest BCUT2D eigenvalue weighted by Crippen LogP contribution is 2.56. The first kappa shape index (κ1) is 67.1. The van der Waals surface area contributed by atoms with Crippen LogP contribution in [0.15, 0.2) is 108 Å². The third-order valence-electron chi connectivity index (χ3n) is 19.7. The lowest BCUT2D eigenvalue weighted by Crippen LogP contribution is -2.34. The van der Waals surface area contributed by atoms with Crippen LogP contribution in [0.25, 0.3) is 52.5 Å². The lowest BCUT2D eigenvalue weighted by molar-refractivity contribution is -0.124. The molecule has 3 aliphatic rings. The van der Waals surface area contributed by atoms with Gasteiger partial charge in [0.15, 0.2) is 0 Å². The number of rotatable bonds is 43. The van der Waals surface area contributed by atoms with Gasteiger partial charge < -0.3 is 9.80 Å². The number of thiophene rings is 4. The Morgan fingerprint density at radius 3 is 1.23 bits per heavy atom. The highest BCUT2D eigenvalue weighted by Gasteiger charge is 2.50. The van der Waals surface area contributed by atoms with Crippen LogP contribution in [0, 0.1) is 11.8 Å². The quantitative estimate of drug-likeness (QED) is 0.0358. The van der Waals surface area contributed by atoms with E-state index in [0.29, 0.717) is 36.1 Å². The summed E-state index contributed by atoms with van der Waals surface area (Å²) < 4.78 is 0. The van der Waals surface area contributed by atoms with Crippen LogP contribution in [-0.2, 0) is 15.0 Å². The number of carbonyl (C=O) groups excluding carboxylic acids is 2. The maximum atomic E-state index is 16.1. The first-order chi connectivity index (χ1) is 42.8. The van der Waals surface area contributed by atoms with Gasteiger partial charge in [-0.1, -0.05) is 264 Å². The molecule has 1 aliphatic carbocycles. The van der Waals surface area contributed by atoms with Crippen molar-refractivity contribution in [3.05, 3.63) is 128 Å². The minimum Gasteiger partial charge on any atom is -0.306 e. The molecule has 0 radical (unpaired) electrons. The van der Waals surface area contributed by atoms with E-state index in [9.17, 15) is 0 Å². The van der Waals surface area contributed by atoms with Crippen LogP contribution in [0.5, 0.6) is 0 Å². The van der Waals surface area contributed by atoms with Crippen LogP contribution < -0.4 is 0 Å². The van der Waals surface area contributed by atoms with Crippen molar-refractivity contribution >= 4 is 68.6 Å². The van der Waals surface area contributed by atoms with Gasteiger partial charge in [-0.05, 0) is 132 Å². The van der Waals surface area contributed by atoms with Gasteiger partial charge in [0.25, 0.3) is 11.8 Å². The summed E-state index contributed by atoms with van der Waals surface area (Å²) >= 11 is 7.19. The van der Waals surface area contributed by atoms with E-state index < -0.39 is 0 Å². The van der Waals surface area contributed by atoms with E-state index in [1.54, 1.807) is 39.6 Å². The first-order valence-corrected chi connectivity index (χ1v) is 38.8. The molecule has 0 spiro atoms. The molecule has 0 bridgehead atoms. The number of hydrogen-bond acceptors (Lipinski definition) is 6. The number of fused-ring (bicyclic) bond motifs is 4. The number of benzene rings is 2. The fourth-order valence-electron chi connectivity index (χ4n) is 14.8. The van der Waals surface area contributed by atoms with Gasteiger partial charge in [-0.2, -0.15) is 0 Å². The summed E-state index contributed by atoms with van der Waals surface area (Å²) in [5, 5.41) is 2.15. The lowest BCUT2D eigenvalue weighted by atomic mass is 9.70. The molecule has 8 heteroatoms. The van der Waals surface area contributed by atoms with Crippen LogP contribution in [-0.4, -0.2) is 34.7 Å². The molecule has 0 N–H and O–H groups in total. The number of carbonyl (C=O) groups is 2. The Labute approximate surface area is 543 Å². The molecule has 4 aromatic heterocycles. The Morgan fingerprint density at radius 1 is 0.368 bits per heavy atom. The molecule has 0 fully saturated rings. The summed E-state index contributed by atoms with van der Waals surface area (Å²) in [7, 11) is 0. The zero-order chi connectivity index (χ0) is 60.8. The molecule has 2 atom stereocenters. The number of hydrogen-bond donors (Lipinski definition) is 0. The average Bonchev–Trinajstić information content (AvgIpc) is 1.59. The monoisotopic (exact) mass is 1240 g/mol. The van der Waals surface area contributed by atoms with Crippen molar-refractivity contribution in [2.45, 2.75) is 265 Å². The fraction of sp³-hybridized carbons (Fsp3) is 0.570. The van der Waals surface area contributed by atoms with E-state index in [0.717, 1.165) is 46.8 Å². The fourth-order valence-corrected chi connectivity index (χ4v) is 18.9. The second kappa shape index (κ2) is 34.7. The van der Waals surface area contributed by atoms with Crippen LogP contribution in [0.1, 0.15) is 281 Å². The van der Waals surface area contributed by atoms with E-state index in [1.165, 1.54) is 239 Å². The first-order valence-electron chi connectivity index (χ1n) is 35.5. The smallest absolute Gasteiger partial charge is 0.261 e. The Bertz CT molecular complexity index is 3110. The summed E-state index contributed by atoms with van der Waals surface area (Å²) in [6, 6.07) is 34.8. The summed E-state index contributed by atoms with van der Waals surface area (Å²) in [6.07, 6.45) is 42.0. The molecular weight excluding hydrogens is 1140 g/mol. The van der Waals surface area contributed by atoms with Gasteiger partial charge in [0.2, 0.25) is 0 Å². The zero-order valence-corrected chi connectivity index (χ0v) is 58.0. The number of amides is 2. The van der Waals surface area contributed by atoms with Crippen LogP contribution >= 0.6 is 45.3 Å². The standard InChI is InChI=1S/C79H108N2O2S4/c1-7-13-19-25-27-31-40-59(38-29-21-15-9-3)57-80-75(71-51-49-68(86-71)67-44-37-55-84-67)73-74(78(80)83)76(81(77(73)82)58-60(39-30-22-16-10-4)41-32-28-26-20-14-8-2)72-52-50-70(87-72)69-48-47-66(85-69)61-45-46-63-62-42-33-34-43-64(62)79(65(63)56-61,53-35-23-17-11-5)54-36-24-18-12-6/h33-34,37,42-52,55-56,59-60H,7-32,35-36,38-41,53-54,57-58H2,1-6H3. The predicted octanol–water partition coefficient (Wildman–Crippen LogP) is 25.6. The molecular formula is C79H108N2O2S4. The minimum atomic E-state index is 0.0350. The topological polar surface area (TPSA) is 40.6 Å². The van der Waals surface area contributed by atoms with Crippen LogP contribution in [0.4, 0.5) is 0 Å². The normalized spacial score (nSPS) is 15.2. The van der Waals surface area contributed by atoms with Gasteiger partial charge in [0.05, 0.1) is 32.3 Å². The molecule has 2 aromatic carbocycles. The molecule has 6 heterocycles. The van der Waals surface area contributed by atoms with E-state index in [-0.39, 0.29) is 17.2 Å². The second-order valence-corrected chi connectivity index (χ2v) is 30.5. The third-order valence-corrected chi connectivity index (χ3v) is 24.3. The maximum absolute atomic E-state index is 16.1. The molecule has 470 valence electrons. The predicted molar refractivity (Wildman–Crippen MR) is 382 cm³/mol. The molecule has 0 saturated carbocycles. The zero-order valence-electron chi connectivity index (χ0n) is 54.7. The van der Waals surface area contributed by atoms with E-state index in [1.807, 2.05) is 11.3 Å². The van der Waals surface area contributed by atoms with Gasteiger partial charge in [0.1, 0.15) is 0 Å². The van der Waals surface area contributed by atoms with Crippen molar-refractivity contribution in [2.75, 3.05) is 13.1 Å². The van der Waals surface area contributed by atoms with Crippen molar-refractivity contribution in [3.63, 3.8) is 0 Å². The Morgan fingerprint density at radius 2 is 0.759 bits per heavy atom. The van der Waals surface area contributed by atoms with E-state index in [2.05, 4.69) is 148 Å². The SMILES string of the molecule is CCCCCCCCC(CCCCCC)CN1C(=O)C2=C(c3ccc(-c4ccc(-c5ccc6c(c5)C(CCCCCC)(CCCCCC)c5ccccc5-6)s4)s3)N(CC(CCCCCC)CCCCCCCC)C(=O)C2=C1c1ccc(-c2cccs2)s1. The summed E-state index contributed by atoms with van der Waals surface area (Å²) in [5.41, 5.74) is 10.3. The summed E-state index contributed by atoms with van der Waals surface area (Å²) in [5.74, 6) is 0.809. The molecule has 0 saturated heterocycles. The Balaban J connectivity index is 1.10. The molecule has 2 aliphatic heterocycles. The van der Waals surface area contributed by atoms with Gasteiger partial charge in [-0.3, -0.25) is 9.59 Å². The lowest BCUT2D eigenvalue weighted by Gasteiger charge is -2.33. The molecule has 87 heavy (non-hydrogen) atoms. The average molecular weight is 1250 g/mol. The molecule has 6 aromatic rings. The minimum absolute atomic E-state index is 0.0350. The summed E-state index contributed by atoms with van der Waals surface area (Å²) in [6.45, 7) is 15.2.